The zero-order chi connectivity index (χ0) is 19.9. The topological polar surface area (TPSA) is 79.2 Å². The monoisotopic (exact) mass is 364 g/mol. The molecular weight excluding hydrogens is 340 g/mol. The predicted octanol–water partition coefficient (Wildman–Crippen LogP) is 3.96. The normalized spacial score (nSPS) is 10.9. The van der Waals surface area contributed by atoms with Crippen LogP contribution in [0.1, 0.15) is 44.7 Å². The highest BCUT2D eigenvalue weighted by Crippen LogP contribution is 2.23. The van der Waals surface area contributed by atoms with E-state index in [2.05, 4.69) is 11.4 Å². The number of hydrogen-bond donors (Lipinski definition) is 1. The molecule has 0 atom stereocenters. The number of nitrogens with zero attached hydrogens (tertiary/aromatic N) is 1. The van der Waals surface area contributed by atoms with Crippen molar-refractivity contribution in [2.45, 2.75) is 45.7 Å². The summed E-state index contributed by atoms with van der Waals surface area (Å²) in [6.07, 6.45) is 0.870. The van der Waals surface area contributed by atoms with Crippen molar-refractivity contribution in [3.63, 3.8) is 0 Å². The Hall–Kier alpha value is -2.97. The second-order valence-corrected chi connectivity index (χ2v) is 6.84. The van der Waals surface area contributed by atoms with Crippen molar-refractivity contribution in [3.8, 4) is 17.2 Å². The van der Waals surface area contributed by atoms with Gasteiger partial charge in [0.1, 0.15) is 5.54 Å². The molecule has 140 valence electrons. The summed E-state index contributed by atoms with van der Waals surface area (Å²) in [4.78, 5) is 23.6. The van der Waals surface area contributed by atoms with Gasteiger partial charge in [0.25, 0.3) is 0 Å². The lowest BCUT2D eigenvalue weighted by atomic mass is 9.99. The van der Waals surface area contributed by atoms with Gasteiger partial charge in [0.15, 0.2) is 0 Å². The highest BCUT2D eigenvalue weighted by atomic mass is 16.6. The minimum atomic E-state index is -0.977. The molecule has 0 bridgehead atoms. The van der Waals surface area contributed by atoms with Gasteiger partial charge in [-0.15, -0.1) is 0 Å². The van der Waals surface area contributed by atoms with E-state index in [1.165, 1.54) is 0 Å². The predicted molar refractivity (Wildman–Crippen MR) is 104 cm³/mol. The molecule has 0 radical (unpaired) electrons. The lowest BCUT2D eigenvalue weighted by Crippen LogP contribution is -2.48. The molecule has 2 rings (SSSR count). The quantitative estimate of drug-likeness (QED) is 0.594. The highest BCUT2D eigenvalue weighted by molar-refractivity contribution is 5.90. The Morgan fingerprint density at radius 2 is 1.78 bits per heavy atom. The largest absolute Gasteiger partial charge is 0.392 e. The number of hydrogen-bond acceptors (Lipinski definition) is 5. The zero-order valence-corrected chi connectivity index (χ0v) is 15.9. The molecule has 0 spiro atoms. The van der Waals surface area contributed by atoms with Crippen LogP contribution in [0.5, 0.6) is 0 Å². The maximum Gasteiger partial charge on any atom is 0.333 e. The highest BCUT2D eigenvalue weighted by Gasteiger charge is 2.30. The molecule has 0 aliphatic carbocycles. The third-order valence-electron chi connectivity index (χ3n) is 4.22. The van der Waals surface area contributed by atoms with Gasteiger partial charge in [0.2, 0.25) is 0 Å². The van der Waals surface area contributed by atoms with Gasteiger partial charge in [-0.3, -0.25) is 10.1 Å². The van der Waals surface area contributed by atoms with Gasteiger partial charge >= 0.3 is 11.9 Å². The van der Waals surface area contributed by atoms with E-state index in [1.807, 2.05) is 49.4 Å². The molecule has 5 nitrogen and oxygen atoms in total. The number of esters is 2. The first-order valence-corrected chi connectivity index (χ1v) is 8.96. The number of ether oxygens (including phenoxy) is 1. The summed E-state index contributed by atoms with van der Waals surface area (Å²) in [7, 11) is 0. The Bertz CT molecular complexity index is 849. The van der Waals surface area contributed by atoms with Crippen LogP contribution in [-0.4, -0.2) is 17.5 Å². The summed E-state index contributed by atoms with van der Waals surface area (Å²) in [5.41, 5.74) is 2.48. The van der Waals surface area contributed by atoms with E-state index in [1.54, 1.807) is 19.9 Å². The van der Waals surface area contributed by atoms with Gasteiger partial charge in [-0.1, -0.05) is 49.4 Å². The molecule has 5 heteroatoms. The van der Waals surface area contributed by atoms with Crippen LogP contribution in [0.15, 0.2) is 48.5 Å². The van der Waals surface area contributed by atoms with E-state index in [-0.39, 0.29) is 6.42 Å². The zero-order valence-electron chi connectivity index (χ0n) is 15.9. The minimum absolute atomic E-state index is 0.230. The van der Waals surface area contributed by atoms with Crippen LogP contribution in [0.4, 0.5) is 0 Å². The van der Waals surface area contributed by atoms with Crippen molar-refractivity contribution in [1.29, 1.82) is 5.26 Å². The maximum absolute atomic E-state index is 12.1. The molecule has 2 aromatic carbocycles. The van der Waals surface area contributed by atoms with Gasteiger partial charge in [-0.25, -0.2) is 4.79 Å². The third kappa shape index (κ3) is 5.50. The van der Waals surface area contributed by atoms with E-state index in [0.29, 0.717) is 18.5 Å². The summed E-state index contributed by atoms with van der Waals surface area (Å²) in [5.74, 6) is -1.08. The number of carbonyl (C=O) groups excluding carboxylic acids is 2. The standard InChI is InChI=1S/C22H24N2O3/c1-4-7-20(25)27-21(26)22(2,3)24-15-16-10-12-17(13-11-16)19-9-6-5-8-18(19)14-23/h5-6,8-13,24H,4,7,15H2,1-3H3. The molecule has 0 amide bonds. The Balaban J connectivity index is 2.01. The lowest BCUT2D eigenvalue weighted by Gasteiger charge is -2.23. The summed E-state index contributed by atoms with van der Waals surface area (Å²) >= 11 is 0. The Kier molecular flexibility index (Phi) is 6.86. The maximum atomic E-state index is 12.1. The van der Waals surface area contributed by atoms with Crippen LogP contribution in [0, 0.1) is 11.3 Å². The second-order valence-electron chi connectivity index (χ2n) is 6.84. The van der Waals surface area contributed by atoms with Crippen molar-refractivity contribution in [1.82, 2.24) is 5.32 Å². The van der Waals surface area contributed by atoms with Crippen LogP contribution >= 0.6 is 0 Å². The van der Waals surface area contributed by atoms with Crippen molar-refractivity contribution < 1.29 is 14.3 Å². The van der Waals surface area contributed by atoms with Crippen molar-refractivity contribution in [2.75, 3.05) is 0 Å². The molecule has 27 heavy (non-hydrogen) atoms. The average Bonchev–Trinajstić information content (AvgIpc) is 2.67. The number of nitrogens with one attached hydrogen (secondary N) is 1. The fourth-order valence-electron chi connectivity index (χ4n) is 2.52. The number of benzene rings is 2. The smallest absolute Gasteiger partial charge is 0.333 e. The van der Waals surface area contributed by atoms with E-state index in [9.17, 15) is 14.9 Å². The molecule has 0 unspecified atom stereocenters. The summed E-state index contributed by atoms with van der Waals surface area (Å²) in [6.45, 7) is 5.68. The average molecular weight is 364 g/mol. The second kappa shape index (κ2) is 9.11. The van der Waals surface area contributed by atoms with Crippen LogP contribution in [0.2, 0.25) is 0 Å². The first kappa shape index (κ1) is 20.3. The Labute approximate surface area is 160 Å². The van der Waals surface area contributed by atoms with Gasteiger partial charge in [-0.05, 0) is 43.0 Å². The van der Waals surface area contributed by atoms with Crippen LogP contribution in [0.25, 0.3) is 11.1 Å². The Morgan fingerprint density at radius 3 is 2.41 bits per heavy atom. The van der Waals surface area contributed by atoms with Gasteiger partial charge < -0.3 is 4.74 Å². The molecule has 2 aromatic rings. The Morgan fingerprint density at radius 1 is 1.11 bits per heavy atom. The summed E-state index contributed by atoms with van der Waals surface area (Å²) in [6, 6.07) is 17.4. The van der Waals surface area contributed by atoms with Gasteiger partial charge in [-0.2, -0.15) is 5.26 Å². The van der Waals surface area contributed by atoms with Gasteiger partial charge in [0.05, 0.1) is 11.6 Å². The van der Waals surface area contributed by atoms with Crippen molar-refractivity contribution >= 4 is 11.9 Å². The first-order valence-electron chi connectivity index (χ1n) is 8.96. The van der Waals surface area contributed by atoms with Crippen LogP contribution in [-0.2, 0) is 20.9 Å². The van der Waals surface area contributed by atoms with E-state index in [4.69, 9.17) is 4.74 Å². The molecule has 0 fully saturated rings. The molecule has 1 N–H and O–H groups in total. The molecule has 0 saturated heterocycles. The SMILES string of the molecule is CCCC(=O)OC(=O)C(C)(C)NCc1ccc(-c2ccccc2C#N)cc1. The molecule has 0 saturated carbocycles. The number of carbonyl (C=O) groups is 2. The van der Waals surface area contributed by atoms with Crippen molar-refractivity contribution in [2.24, 2.45) is 0 Å². The fraction of sp³-hybridized carbons (Fsp3) is 0.318. The molecule has 0 heterocycles. The lowest BCUT2D eigenvalue weighted by molar-refractivity contribution is -0.163. The summed E-state index contributed by atoms with van der Waals surface area (Å²) < 4.78 is 4.88. The van der Waals surface area contributed by atoms with E-state index < -0.39 is 17.5 Å². The fourth-order valence-corrected chi connectivity index (χ4v) is 2.52. The number of rotatable bonds is 7. The molecule has 0 aromatic heterocycles. The van der Waals surface area contributed by atoms with Crippen LogP contribution in [0.3, 0.4) is 0 Å². The molecule has 0 aliphatic rings. The molecule has 0 aliphatic heterocycles. The first-order chi connectivity index (χ1) is 12.9. The van der Waals surface area contributed by atoms with Crippen LogP contribution < -0.4 is 5.32 Å². The van der Waals surface area contributed by atoms with Gasteiger partial charge in [0, 0.05) is 13.0 Å². The minimum Gasteiger partial charge on any atom is -0.392 e. The van der Waals surface area contributed by atoms with Crippen molar-refractivity contribution in [3.05, 3.63) is 59.7 Å². The molecular formula is C22H24N2O3. The van der Waals surface area contributed by atoms with E-state index in [0.717, 1.165) is 16.7 Å². The number of nitriles is 1. The van der Waals surface area contributed by atoms with E-state index >= 15 is 0 Å². The summed E-state index contributed by atoms with van der Waals surface area (Å²) in [5, 5.41) is 12.4. The third-order valence-corrected chi connectivity index (χ3v) is 4.22.